The average molecular weight is 273 g/mol. The van der Waals surface area contributed by atoms with Crippen molar-refractivity contribution in [1.29, 1.82) is 0 Å². The van der Waals surface area contributed by atoms with Gasteiger partial charge in [0.2, 0.25) is 0 Å². The zero-order chi connectivity index (χ0) is 11.0. The van der Waals surface area contributed by atoms with Crippen LogP contribution in [0.3, 0.4) is 0 Å². The first-order chi connectivity index (χ1) is 7.84. The van der Waals surface area contributed by atoms with Gasteiger partial charge in [0.05, 0.1) is 0 Å². The SMILES string of the molecule is Brc1ccc2c(c1)CCN2c1[c]cccc1. The van der Waals surface area contributed by atoms with Crippen LogP contribution in [0.25, 0.3) is 0 Å². The molecule has 0 spiro atoms. The molecule has 0 aliphatic carbocycles. The molecule has 79 valence electrons. The Morgan fingerprint density at radius 1 is 1.19 bits per heavy atom. The smallest absolute Gasteiger partial charge is 0.0491 e. The quantitative estimate of drug-likeness (QED) is 0.760. The Morgan fingerprint density at radius 3 is 2.94 bits per heavy atom. The van der Waals surface area contributed by atoms with E-state index >= 15 is 0 Å². The van der Waals surface area contributed by atoms with Gasteiger partial charge in [0, 0.05) is 28.5 Å². The molecule has 0 N–H and O–H groups in total. The van der Waals surface area contributed by atoms with Gasteiger partial charge in [-0.1, -0.05) is 34.1 Å². The summed E-state index contributed by atoms with van der Waals surface area (Å²) >= 11 is 3.51. The van der Waals surface area contributed by atoms with E-state index in [9.17, 15) is 0 Å². The van der Waals surface area contributed by atoms with Crippen molar-refractivity contribution in [2.45, 2.75) is 6.42 Å². The number of hydrogen-bond acceptors (Lipinski definition) is 1. The molecule has 16 heavy (non-hydrogen) atoms. The number of hydrogen-bond donors (Lipinski definition) is 0. The molecule has 0 atom stereocenters. The summed E-state index contributed by atoms with van der Waals surface area (Å²) in [5.74, 6) is 0. The van der Waals surface area contributed by atoms with Crippen LogP contribution in [0.5, 0.6) is 0 Å². The van der Waals surface area contributed by atoms with E-state index in [2.05, 4.69) is 57.2 Å². The topological polar surface area (TPSA) is 3.24 Å². The molecule has 0 unspecified atom stereocenters. The minimum absolute atomic E-state index is 1.05. The first kappa shape index (κ1) is 9.91. The van der Waals surface area contributed by atoms with Crippen LogP contribution >= 0.6 is 15.9 Å². The molecule has 0 amide bonds. The normalized spacial score (nSPS) is 13.9. The predicted octanol–water partition coefficient (Wildman–Crippen LogP) is 3.94. The third-order valence-electron chi connectivity index (χ3n) is 2.92. The lowest BCUT2D eigenvalue weighted by Gasteiger charge is -2.18. The average Bonchev–Trinajstić information content (AvgIpc) is 2.73. The van der Waals surface area contributed by atoms with E-state index in [1.54, 1.807) is 0 Å². The van der Waals surface area contributed by atoms with Crippen molar-refractivity contribution in [2.75, 3.05) is 11.4 Å². The van der Waals surface area contributed by atoms with E-state index in [1.165, 1.54) is 11.3 Å². The van der Waals surface area contributed by atoms with Crippen molar-refractivity contribution < 1.29 is 0 Å². The van der Waals surface area contributed by atoms with E-state index in [4.69, 9.17) is 0 Å². The van der Waals surface area contributed by atoms with E-state index in [0.29, 0.717) is 0 Å². The molecule has 1 radical (unpaired) electrons. The largest absolute Gasteiger partial charge is 0.340 e. The van der Waals surface area contributed by atoms with Gasteiger partial charge < -0.3 is 4.90 Å². The third kappa shape index (κ3) is 1.63. The van der Waals surface area contributed by atoms with Crippen molar-refractivity contribution in [1.82, 2.24) is 0 Å². The summed E-state index contributed by atoms with van der Waals surface area (Å²) in [5, 5.41) is 0. The van der Waals surface area contributed by atoms with Gasteiger partial charge in [-0.15, -0.1) is 0 Å². The molecule has 2 aromatic carbocycles. The lowest BCUT2D eigenvalue weighted by Crippen LogP contribution is -2.12. The summed E-state index contributed by atoms with van der Waals surface area (Å²) in [7, 11) is 0. The molecular formula is C14H11BrN. The number of halogens is 1. The Kier molecular flexibility index (Phi) is 2.44. The first-order valence-corrected chi connectivity index (χ1v) is 6.16. The maximum absolute atomic E-state index is 3.51. The second kappa shape index (κ2) is 3.95. The molecule has 1 aliphatic heterocycles. The van der Waals surface area contributed by atoms with E-state index in [1.807, 2.05) is 12.1 Å². The van der Waals surface area contributed by atoms with Crippen molar-refractivity contribution in [3.63, 3.8) is 0 Å². The molecule has 2 aromatic rings. The molecule has 1 aliphatic rings. The predicted molar refractivity (Wildman–Crippen MR) is 70.1 cm³/mol. The Hall–Kier alpha value is -1.28. The first-order valence-electron chi connectivity index (χ1n) is 5.37. The second-order valence-electron chi connectivity index (χ2n) is 3.92. The Balaban J connectivity index is 2.04. The van der Waals surface area contributed by atoms with E-state index in [0.717, 1.165) is 23.1 Å². The summed E-state index contributed by atoms with van der Waals surface area (Å²) in [6, 6.07) is 17.9. The van der Waals surface area contributed by atoms with Gasteiger partial charge in [0.25, 0.3) is 0 Å². The molecule has 3 rings (SSSR count). The Bertz CT molecular complexity index is 507. The fourth-order valence-electron chi connectivity index (χ4n) is 2.17. The summed E-state index contributed by atoms with van der Waals surface area (Å²) < 4.78 is 1.16. The number of para-hydroxylation sites is 1. The van der Waals surface area contributed by atoms with Crippen molar-refractivity contribution >= 4 is 27.3 Å². The van der Waals surface area contributed by atoms with Gasteiger partial charge in [-0.2, -0.15) is 0 Å². The Morgan fingerprint density at radius 2 is 2.12 bits per heavy atom. The summed E-state index contributed by atoms with van der Waals surface area (Å²) in [6.45, 7) is 1.05. The monoisotopic (exact) mass is 272 g/mol. The molecule has 0 saturated heterocycles. The highest BCUT2D eigenvalue weighted by atomic mass is 79.9. The van der Waals surface area contributed by atoms with Crippen LogP contribution in [-0.4, -0.2) is 6.54 Å². The van der Waals surface area contributed by atoms with Gasteiger partial charge in [-0.3, -0.25) is 0 Å². The molecule has 1 heterocycles. The number of nitrogens with zero attached hydrogens (tertiary/aromatic N) is 1. The van der Waals surface area contributed by atoms with Gasteiger partial charge in [-0.05, 0) is 36.2 Å². The van der Waals surface area contributed by atoms with Crippen LogP contribution < -0.4 is 4.90 Å². The fourth-order valence-corrected chi connectivity index (χ4v) is 2.58. The molecule has 0 fully saturated rings. The minimum Gasteiger partial charge on any atom is -0.340 e. The molecule has 0 bridgehead atoms. The van der Waals surface area contributed by atoms with Crippen LogP contribution in [0.2, 0.25) is 0 Å². The van der Waals surface area contributed by atoms with E-state index < -0.39 is 0 Å². The highest BCUT2D eigenvalue weighted by molar-refractivity contribution is 9.10. The summed E-state index contributed by atoms with van der Waals surface area (Å²) in [4.78, 5) is 2.32. The number of rotatable bonds is 1. The zero-order valence-corrected chi connectivity index (χ0v) is 10.4. The van der Waals surface area contributed by atoms with Crippen LogP contribution in [0.15, 0.2) is 46.9 Å². The second-order valence-corrected chi connectivity index (χ2v) is 4.84. The van der Waals surface area contributed by atoms with Gasteiger partial charge in [-0.25, -0.2) is 0 Å². The summed E-state index contributed by atoms with van der Waals surface area (Å²) in [5.41, 5.74) is 3.88. The fraction of sp³-hybridized carbons (Fsp3) is 0.143. The van der Waals surface area contributed by atoms with Crippen LogP contribution in [0, 0.1) is 6.07 Å². The van der Waals surface area contributed by atoms with Gasteiger partial charge >= 0.3 is 0 Å². The van der Waals surface area contributed by atoms with Gasteiger partial charge in [0.1, 0.15) is 0 Å². The standard InChI is InChI=1S/C14H11BrN/c15-12-6-7-14-11(10-12)8-9-16(14)13-4-2-1-3-5-13/h1-4,6-7,10H,8-9H2. The third-order valence-corrected chi connectivity index (χ3v) is 3.41. The highest BCUT2D eigenvalue weighted by Crippen LogP contribution is 2.35. The number of benzene rings is 2. The zero-order valence-electron chi connectivity index (χ0n) is 8.78. The number of anilines is 2. The molecule has 2 heteroatoms. The maximum atomic E-state index is 3.51. The lowest BCUT2D eigenvalue weighted by molar-refractivity contribution is 0.997. The minimum atomic E-state index is 1.05. The van der Waals surface area contributed by atoms with Gasteiger partial charge in [0.15, 0.2) is 0 Å². The summed E-state index contributed by atoms with van der Waals surface area (Å²) in [6.07, 6.45) is 1.11. The van der Waals surface area contributed by atoms with Crippen LogP contribution in [-0.2, 0) is 6.42 Å². The van der Waals surface area contributed by atoms with Crippen molar-refractivity contribution in [3.8, 4) is 0 Å². The number of fused-ring (bicyclic) bond motifs is 1. The van der Waals surface area contributed by atoms with Crippen molar-refractivity contribution in [3.05, 3.63) is 58.6 Å². The molecule has 0 saturated carbocycles. The van der Waals surface area contributed by atoms with E-state index in [-0.39, 0.29) is 0 Å². The maximum Gasteiger partial charge on any atom is 0.0491 e. The molecule has 0 aromatic heterocycles. The Labute approximate surface area is 104 Å². The lowest BCUT2D eigenvalue weighted by atomic mass is 10.2. The molecule has 1 nitrogen and oxygen atoms in total. The highest BCUT2D eigenvalue weighted by Gasteiger charge is 2.19. The van der Waals surface area contributed by atoms with Crippen LogP contribution in [0.1, 0.15) is 5.56 Å². The van der Waals surface area contributed by atoms with Crippen molar-refractivity contribution in [2.24, 2.45) is 0 Å². The molecular weight excluding hydrogens is 262 g/mol. The van der Waals surface area contributed by atoms with Crippen LogP contribution in [0.4, 0.5) is 11.4 Å².